The van der Waals surface area contributed by atoms with Crippen molar-refractivity contribution in [2.45, 2.75) is 63.1 Å². The summed E-state index contributed by atoms with van der Waals surface area (Å²) >= 11 is 3.39. The van der Waals surface area contributed by atoms with Gasteiger partial charge in [-0.05, 0) is 46.5 Å². The standard InChI is InChI=1S/C15H23BrN2O2S/c1-11(2)17-10-12-7-8-15(14(16)9-12)21(19,20)18-13-5-3-4-6-13/h7-9,11,13,17-18H,3-6,10H2,1-2H3. The fourth-order valence-electron chi connectivity index (χ4n) is 2.52. The first-order chi connectivity index (χ1) is 9.88. The number of nitrogens with one attached hydrogen (secondary N) is 2. The SMILES string of the molecule is CC(C)NCc1ccc(S(=O)(=O)NC2CCCC2)c(Br)c1. The van der Waals surface area contributed by atoms with Gasteiger partial charge in [0.25, 0.3) is 0 Å². The molecule has 0 radical (unpaired) electrons. The summed E-state index contributed by atoms with van der Waals surface area (Å²) in [7, 11) is -3.44. The Morgan fingerprint density at radius 3 is 2.52 bits per heavy atom. The average Bonchev–Trinajstić information content (AvgIpc) is 2.88. The van der Waals surface area contributed by atoms with Crippen LogP contribution in [0.25, 0.3) is 0 Å². The molecule has 0 heterocycles. The molecule has 0 spiro atoms. The molecule has 0 aromatic heterocycles. The monoisotopic (exact) mass is 374 g/mol. The molecule has 1 fully saturated rings. The molecule has 2 N–H and O–H groups in total. The molecule has 21 heavy (non-hydrogen) atoms. The zero-order chi connectivity index (χ0) is 15.5. The normalized spacial score (nSPS) is 16.8. The average molecular weight is 375 g/mol. The molecular weight excluding hydrogens is 352 g/mol. The van der Waals surface area contributed by atoms with Crippen LogP contribution in [-0.2, 0) is 16.6 Å². The van der Waals surface area contributed by atoms with Crippen LogP contribution in [0.3, 0.4) is 0 Å². The van der Waals surface area contributed by atoms with Gasteiger partial charge in [0.05, 0.1) is 4.90 Å². The van der Waals surface area contributed by atoms with E-state index in [1.54, 1.807) is 6.07 Å². The second kappa shape index (κ2) is 7.22. The Morgan fingerprint density at radius 1 is 1.29 bits per heavy atom. The van der Waals surface area contributed by atoms with Gasteiger partial charge in [0.15, 0.2) is 0 Å². The fraction of sp³-hybridized carbons (Fsp3) is 0.600. The van der Waals surface area contributed by atoms with Crippen molar-refractivity contribution in [3.8, 4) is 0 Å². The van der Waals surface area contributed by atoms with Crippen molar-refractivity contribution in [1.82, 2.24) is 10.0 Å². The van der Waals surface area contributed by atoms with Gasteiger partial charge in [-0.15, -0.1) is 0 Å². The Balaban J connectivity index is 2.11. The third-order valence-electron chi connectivity index (χ3n) is 3.68. The number of halogens is 1. The maximum Gasteiger partial charge on any atom is 0.241 e. The second-order valence-electron chi connectivity index (χ2n) is 5.90. The molecule has 4 nitrogen and oxygen atoms in total. The Kier molecular flexibility index (Phi) is 5.82. The molecule has 118 valence electrons. The van der Waals surface area contributed by atoms with E-state index in [2.05, 4.69) is 39.8 Å². The van der Waals surface area contributed by atoms with Crippen molar-refractivity contribution >= 4 is 26.0 Å². The summed E-state index contributed by atoms with van der Waals surface area (Å²) < 4.78 is 28.3. The summed E-state index contributed by atoms with van der Waals surface area (Å²) in [6, 6.07) is 5.90. The molecule has 0 atom stereocenters. The second-order valence-corrected chi connectivity index (χ2v) is 8.44. The largest absolute Gasteiger partial charge is 0.310 e. The number of benzene rings is 1. The lowest BCUT2D eigenvalue weighted by molar-refractivity contribution is 0.551. The van der Waals surface area contributed by atoms with Gasteiger partial charge in [-0.25, -0.2) is 13.1 Å². The Labute approximate surface area is 135 Å². The van der Waals surface area contributed by atoms with Crippen LogP contribution in [0.2, 0.25) is 0 Å². The van der Waals surface area contributed by atoms with E-state index in [0.29, 0.717) is 15.4 Å². The quantitative estimate of drug-likeness (QED) is 0.803. The lowest BCUT2D eigenvalue weighted by Crippen LogP contribution is -2.32. The molecule has 1 saturated carbocycles. The van der Waals surface area contributed by atoms with Crippen LogP contribution >= 0.6 is 15.9 Å². The van der Waals surface area contributed by atoms with Crippen molar-refractivity contribution in [3.63, 3.8) is 0 Å². The van der Waals surface area contributed by atoms with Gasteiger partial charge in [0.2, 0.25) is 10.0 Å². The van der Waals surface area contributed by atoms with Gasteiger partial charge in [0, 0.05) is 23.1 Å². The summed E-state index contributed by atoms with van der Waals surface area (Å²) in [6.45, 7) is 4.89. The first-order valence-corrected chi connectivity index (χ1v) is 9.70. The van der Waals surface area contributed by atoms with Crippen LogP contribution in [0.4, 0.5) is 0 Å². The number of hydrogen-bond donors (Lipinski definition) is 2. The van der Waals surface area contributed by atoms with Crippen LogP contribution in [-0.4, -0.2) is 20.5 Å². The highest BCUT2D eigenvalue weighted by atomic mass is 79.9. The van der Waals surface area contributed by atoms with E-state index in [0.717, 1.165) is 37.8 Å². The third kappa shape index (κ3) is 4.77. The molecule has 0 aliphatic heterocycles. The van der Waals surface area contributed by atoms with Crippen molar-refractivity contribution < 1.29 is 8.42 Å². The lowest BCUT2D eigenvalue weighted by atomic mass is 10.2. The van der Waals surface area contributed by atoms with Crippen molar-refractivity contribution in [1.29, 1.82) is 0 Å². The highest BCUT2D eigenvalue weighted by Crippen LogP contribution is 2.26. The molecule has 1 aliphatic carbocycles. The molecule has 6 heteroatoms. The maximum atomic E-state index is 12.4. The molecule has 1 aliphatic rings. The highest BCUT2D eigenvalue weighted by molar-refractivity contribution is 9.10. The zero-order valence-electron chi connectivity index (χ0n) is 12.5. The van der Waals surface area contributed by atoms with E-state index in [9.17, 15) is 8.42 Å². The van der Waals surface area contributed by atoms with Gasteiger partial charge >= 0.3 is 0 Å². The molecule has 0 unspecified atom stereocenters. The molecule has 1 aromatic rings. The molecule has 0 saturated heterocycles. The molecule has 1 aromatic carbocycles. The Bertz CT molecular complexity index is 581. The predicted octanol–water partition coefficient (Wildman–Crippen LogP) is 3.17. The van der Waals surface area contributed by atoms with Crippen LogP contribution in [0.15, 0.2) is 27.6 Å². The molecule has 0 bridgehead atoms. The van der Waals surface area contributed by atoms with Crippen molar-refractivity contribution in [2.75, 3.05) is 0 Å². The summed E-state index contributed by atoms with van der Waals surface area (Å²) in [5, 5.41) is 3.32. The number of rotatable bonds is 6. The van der Waals surface area contributed by atoms with E-state index in [-0.39, 0.29) is 6.04 Å². The summed E-state index contributed by atoms with van der Waals surface area (Å²) in [4.78, 5) is 0.322. The van der Waals surface area contributed by atoms with Gasteiger partial charge in [-0.1, -0.05) is 32.8 Å². The fourth-order valence-corrected chi connectivity index (χ4v) is 4.95. The first-order valence-electron chi connectivity index (χ1n) is 7.42. The summed E-state index contributed by atoms with van der Waals surface area (Å²) in [5.74, 6) is 0. The Hall–Kier alpha value is -0.430. The summed E-state index contributed by atoms with van der Waals surface area (Å²) in [6.07, 6.45) is 4.09. The first kappa shape index (κ1) is 16.9. The third-order valence-corrected chi connectivity index (χ3v) is 6.17. The van der Waals surface area contributed by atoms with Gasteiger partial charge < -0.3 is 5.32 Å². The van der Waals surface area contributed by atoms with Crippen molar-refractivity contribution in [2.24, 2.45) is 0 Å². The molecule has 0 amide bonds. The smallest absolute Gasteiger partial charge is 0.241 e. The lowest BCUT2D eigenvalue weighted by Gasteiger charge is -2.15. The van der Waals surface area contributed by atoms with Crippen LogP contribution in [0, 0.1) is 0 Å². The Morgan fingerprint density at radius 2 is 1.95 bits per heavy atom. The topological polar surface area (TPSA) is 58.2 Å². The zero-order valence-corrected chi connectivity index (χ0v) is 14.9. The van der Waals surface area contributed by atoms with Gasteiger partial charge in [-0.2, -0.15) is 0 Å². The minimum absolute atomic E-state index is 0.0872. The summed E-state index contributed by atoms with van der Waals surface area (Å²) in [5.41, 5.74) is 1.07. The van der Waals surface area contributed by atoms with Crippen LogP contribution < -0.4 is 10.0 Å². The minimum atomic E-state index is -3.44. The van der Waals surface area contributed by atoms with Crippen LogP contribution in [0.1, 0.15) is 45.1 Å². The van der Waals surface area contributed by atoms with Gasteiger partial charge in [-0.3, -0.25) is 0 Å². The van der Waals surface area contributed by atoms with E-state index < -0.39 is 10.0 Å². The van der Waals surface area contributed by atoms with E-state index in [1.807, 2.05) is 12.1 Å². The predicted molar refractivity (Wildman–Crippen MR) is 88.7 cm³/mol. The van der Waals surface area contributed by atoms with E-state index in [1.165, 1.54) is 0 Å². The molecular formula is C15H23BrN2O2S. The highest BCUT2D eigenvalue weighted by Gasteiger charge is 2.24. The van der Waals surface area contributed by atoms with E-state index >= 15 is 0 Å². The van der Waals surface area contributed by atoms with Gasteiger partial charge in [0.1, 0.15) is 0 Å². The van der Waals surface area contributed by atoms with Crippen LogP contribution in [0.5, 0.6) is 0 Å². The minimum Gasteiger partial charge on any atom is -0.310 e. The van der Waals surface area contributed by atoms with Crippen molar-refractivity contribution in [3.05, 3.63) is 28.2 Å². The van der Waals surface area contributed by atoms with E-state index in [4.69, 9.17) is 0 Å². The maximum absolute atomic E-state index is 12.4. The number of sulfonamides is 1. The molecule has 2 rings (SSSR count). The number of hydrogen-bond acceptors (Lipinski definition) is 3.